The number of benzene rings is 1. The summed E-state index contributed by atoms with van der Waals surface area (Å²) < 4.78 is 32.0. The fourth-order valence-corrected chi connectivity index (χ4v) is 4.49. The van der Waals surface area contributed by atoms with Crippen molar-refractivity contribution in [3.8, 4) is 6.07 Å². The highest BCUT2D eigenvalue weighted by molar-refractivity contribution is 9.10. The van der Waals surface area contributed by atoms with Crippen LogP contribution in [0.25, 0.3) is 0 Å². The van der Waals surface area contributed by atoms with E-state index in [-0.39, 0.29) is 11.8 Å². The summed E-state index contributed by atoms with van der Waals surface area (Å²) in [6.45, 7) is 2.39. The molecule has 2 rings (SSSR count). The number of nitriles is 1. The van der Waals surface area contributed by atoms with Crippen molar-refractivity contribution in [1.82, 2.24) is 9.21 Å². The summed E-state index contributed by atoms with van der Waals surface area (Å²) in [7, 11) is -1.68. The maximum Gasteiger partial charge on any atom is 0.214 e. The van der Waals surface area contributed by atoms with E-state index in [9.17, 15) is 13.7 Å². The molecule has 0 bridgehead atoms. The Hall–Kier alpha value is -0.980. The van der Waals surface area contributed by atoms with Gasteiger partial charge in [0.2, 0.25) is 10.0 Å². The number of nitrogens with zero attached hydrogens (tertiary/aromatic N) is 3. The lowest BCUT2D eigenvalue weighted by molar-refractivity contribution is 0.162. The maximum atomic E-state index is 12.3. The van der Waals surface area contributed by atoms with E-state index in [4.69, 9.17) is 4.74 Å². The topological polar surface area (TPSA) is 73.6 Å². The monoisotopic (exact) mass is 415 g/mol. The summed E-state index contributed by atoms with van der Waals surface area (Å²) >= 11 is 3.39. The highest BCUT2D eigenvalue weighted by atomic mass is 79.9. The number of halogens is 1. The van der Waals surface area contributed by atoms with Crippen molar-refractivity contribution < 1.29 is 13.2 Å². The first kappa shape index (κ1) is 19.3. The van der Waals surface area contributed by atoms with E-state index in [1.54, 1.807) is 7.11 Å². The van der Waals surface area contributed by atoms with Crippen LogP contribution in [0.15, 0.2) is 28.7 Å². The predicted octanol–water partition coefficient (Wildman–Crippen LogP) is 2.00. The smallest absolute Gasteiger partial charge is 0.214 e. The van der Waals surface area contributed by atoms with Crippen molar-refractivity contribution in [3.63, 3.8) is 0 Å². The Labute approximate surface area is 152 Å². The summed E-state index contributed by atoms with van der Waals surface area (Å²) in [5.41, 5.74) is 0.928. The molecule has 1 aromatic carbocycles. The van der Waals surface area contributed by atoms with E-state index < -0.39 is 10.0 Å². The zero-order chi connectivity index (χ0) is 17.6. The summed E-state index contributed by atoms with van der Waals surface area (Å²) in [6, 6.07) is 9.65. The highest BCUT2D eigenvalue weighted by Gasteiger charge is 2.30. The zero-order valence-electron chi connectivity index (χ0n) is 13.7. The summed E-state index contributed by atoms with van der Waals surface area (Å²) in [5, 5.41) is 9.52. The third-order valence-corrected chi connectivity index (χ3v) is 6.58. The molecule has 0 spiro atoms. The lowest BCUT2D eigenvalue weighted by atomic mass is 10.1. The second kappa shape index (κ2) is 8.92. The maximum absolute atomic E-state index is 12.3. The van der Waals surface area contributed by atoms with Crippen LogP contribution in [0.4, 0.5) is 0 Å². The van der Waals surface area contributed by atoms with Gasteiger partial charge >= 0.3 is 0 Å². The number of hydrogen-bond donors (Lipinski definition) is 0. The average Bonchev–Trinajstić information content (AvgIpc) is 2.58. The third-order valence-electron chi connectivity index (χ3n) is 4.09. The van der Waals surface area contributed by atoms with E-state index in [1.807, 2.05) is 29.2 Å². The van der Waals surface area contributed by atoms with Crippen molar-refractivity contribution in [1.29, 1.82) is 5.26 Å². The molecule has 0 aromatic heterocycles. The zero-order valence-corrected chi connectivity index (χ0v) is 16.1. The van der Waals surface area contributed by atoms with Gasteiger partial charge in [-0.3, -0.25) is 4.90 Å². The second-order valence-electron chi connectivity index (χ2n) is 5.68. The van der Waals surface area contributed by atoms with Crippen LogP contribution < -0.4 is 0 Å². The molecule has 0 saturated carbocycles. The molecular formula is C16H22BrN3O3S. The minimum absolute atomic E-state index is 0.106. The van der Waals surface area contributed by atoms with Crippen molar-refractivity contribution in [3.05, 3.63) is 34.3 Å². The minimum Gasteiger partial charge on any atom is -0.385 e. The SMILES string of the molecule is COCCCS(=O)(=O)N1CCN(C(C#N)c2ccc(Br)cc2)CC1. The van der Waals surface area contributed by atoms with Crippen LogP contribution in [0.1, 0.15) is 18.0 Å². The number of rotatable bonds is 7. The summed E-state index contributed by atoms with van der Waals surface area (Å²) in [6.07, 6.45) is 0.499. The Morgan fingerprint density at radius 1 is 1.25 bits per heavy atom. The summed E-state index contributed by atoms with van der Waals surface area (Å²) in [5.74, 6) is 0.106. The van der Waals surface area contributed by atoms with Crippen LogP contribution in [0.3, 0.4) is 0 Å². The lowest BCUT2D eigenvalue weighted by Crippen LogP contribution is -2.50. The standard InChI is InChI=1S/C16H22BrN3O3S/c1-23-11-2-12-24(21,22)20-9-7-19(8-10-20)16(13-18)14-3-5-15(17)6-4-14/h3-6,16H,2,7-12H2,1H3. The van der Waals surface area contributed by atoms with Gasteiger partial charge in [-0.1, -0.05) is 28.1 Å². The van der Waals surface area contributed by atoms with Crippen molar-refractivity contribution in [2.24, 2.45) is 0 Å². The molecule has 1 saturated heterocycles. The van der Waals surface area contributed by atoms with Gasteiger partial charge in [0.1, 0.15) is 6.04 Å². The molecule has 0 aliphatic carbocycles. The van der Waals surface area contributed by atoms with E-state index in [2.05, 4.69) is 22.0 Å². The van der Waals surface area contributed by atoms with Gasteiger partial charge in [0.15, 0.2) is 0 Å². The van der Waals surface area contributed by atoms with Crippen LogP contribution >= 0.6 is 15.9 Å². The molecule has 24 heavy (non-hydrogen) atoms. The third kappa shape index (κ3) is 5.01. The van der Waals surface area contributed by atoms with E-state index >= 15 is 0 Å². The molecule has 1 aromatic rings. The minimum atomic E-state index is -3.24. The molecule has 0 amide bonds. The molecule has 1 fully saturated rings. The molecule has 1 aliphatic rings. The number of ether oxygens (including phenoxy) is 1. The Balaban J connectivity index is 1.96. The average molecular weight is 416 g/mol. The van der Waals surface area contributed by atoms with E-state index in [1.165, 1.54) is 4.31 Å². The first-order chi connectivity index (χ1) is 11.5. The molecule has 1 atom stereocenters. The van der Waals surface area contributed by atoms with E-state index in [0.717, 1.165) is 10.0 Å². The predicted molar refractivity (Wildman–Crippen MR) is 95.9 cm³/mol. The van der Waals surface area contributed by atoms with Crippen molar-refractivity contribution in [2.75, 3.05) is 45.6 Å². The molecule has 0 radical (unpaired) electrons. The van der Waals surface area contributed by atoms with Gasteiger partial charge < -0.3 is 4.74 Å². The van der Waals surface area contributed by atoms with Gasteiger partial charge in [-0.2, -0.15) is 9.57 Å². The van der Waals surface area contributed by atoms with E-state index in [0.29, 0.717) is 39.2 Å². The van der Waals surface area contributed by atoms with Crippen LogP contribution in [-0.2, 0) is 14.8 Å². The fourth-order valence-electron chi connectivity index (χ4n) is 2.77. The summed E-state index contributed by atoms with van der Waals surface area (Å²) in [4.78, 5) is 2.03. The molecular weight excluding hydrogens is 394 g/mol. The lowest BCUT2D eigenvalue weighted by Gasteiger charge is -2.36. The van der Waals surface area contributed by atoms with Crippen molar-refractivity contribution >= 4 is 26.0 Å². The van der Waals surface area contributed by atoms with Crippen LogP contribution in [0.2, 0.25) is 0 Å². The number of methoxy groups -OCH3 is 1. The molecule has 0 N–H and O–H groups in total. The number of hydrogen-bond acceptors (Lipinski definition) is 5. The van der Waals surface area contributed by atoms with Gasteiger partial charge in [0, 0.05) is 44.4 Å². The first-order valence-corrected chi connectivity index (χ1v) is 10.2. The Morgan fingerprint density at radius 3 is 2.42 bits per heavy atom. The number of sulfonamides is 1. The second-order valence-corrected chi connectivity index (χ2v) is 8.68. The molecule has 1 unspecified atom stereocenters. The Kier molecular flexibility index (Phi) is 7.19. The van der Waals surface area contributed by atoms with Gasteiger partial charge in [-0.05, 0) is 24.1 Å². The molecule has 132 valence electrons. The first-order valence-electron chi connectivity index (χ1n) is 7.84. The molecule has 6 nitrogen and oxygen atoms in total. The van der Waals surface area contributed by atoms with Crippen molar-refractivity contribution in [2.45, 2.75) is 12.5 Å². The number of piperazine rings is 1. The fraction of sp³-hybridized carbons (Fsp3) is 0.562. The highest BCUT2D eigenvalue weighted by Crippen LogP contribution is 2.24. The molecule has 1 heterocycles. The quantitative estimate of drug-likeness (QED) is 0.636. The van der Waals surface area contributed by atoms with Crippen LogP contribution in [-0.4, -0.2) is 63.3 Å². The Morgan fingerprint density at radius 2 is 1.88 bits per heavy atom. The van der Waals surface area contributed by atoms with Crippen LogP contribution in [0, 0.1) is 11.3 Å². The van der Waals surface area contributed by atoms with Gasteiger partial charge in [0.05, 0.1) is 11.8 Å². The molecule has 8 heteroatoms. The Bertz CT molecular complexity index is 665. The normalized spacial score (nSPS) is 18.2. The molecule has 1 aliphatic heterocycles. The van der Waals surface area contributed by atoms with Gasteiger partial charge in [-0.25, -0.2) is 8.42 Å². The van der Waals surface area contributed by atoms with Crippen LogP contribution in [0.5, 0.6) is 0 Å². The van der Waals surface area contributed by atoms with Gasteiger partial charge in [-0.15, -0.1) is 0 Å². The largest absolute Gasteiger partial charge is 0.385 e. The van der Waals surface area contributed by atoms with Gasteiger partial charge in [0.25, 0.3) is 0 Å².